The van der Waals surface area contributed by atoms with Crippen LogP contribution >= 0.6 is 0 Å². The molecule has 0 aliphatic carbocycles. The average molecular weight is 271 g/mol. The quantitative estimate of drug-likeness (QED) is 0.817. The van der Waals surface area contributed by atoms with Gasteiger partial charge in [0.15, 0.2) is 0 Å². The van der Waals surface area contributed by atoms with Crippen LogP contribution in [0.15, 0.2) is 24.3 Å². The fourth-order valence-corrected chi connectivity index (χ4v) is 2.04. The fourth-order valence-electron chi connectivity index (χ4n) is 2.04. The predicted molar refractivity (Wildman–Crippen MR) is 73.7 cm³/mol. The van der Waals surface area contributed by atoms with E-state index in [-0.39, 0.29) is 12.1 Å². The molecule has 0 aromatic heterocycles. The van der Waals surface area contributed by atoms with Gasteiger partial charge in [0, 0.05) is 18.7 Å². The number of hydrogen-bond acceptors (Lipinski definition) is 2. The van der Waals surface area contributed by atoms with Crippen molar-refractivity contribution in [2.24, 2.45) is 0 Å². The van der Waals surface area contributed by atoms with Crippen molar-refractivity contribution in [1.29, 1.82) is 0 Å². The number of hydrogen-bond donors (Lipinski definition) is 0. The maximum Gasteiger partial charge on any atom is 0.300 e. The third-order valence-electron chi connectivity index (χ3n) is 3.08. The van der Waals surface area contributed by atoms with Gasteiger partial charge in [-0.15, -0.1) is 0 Å². The zero-order valence-corrected chi connectivity index (χ0v) is 12.1. The van der Waals surface area contributed by atoms with E-state index in [0.717, 1.165) is 5.56 Å². The van der Waals surface area contributed by atoms with E-state index in [4.69, 9.17) is 4.74 Å². The minimum absolute atomic E-state index is 0.0396. The summed E-state index contributed by atoms with van der Waals surface area (Å²) in [6.45, 7) is 7.15. The molecule has 1 aromatic carbocycles. The number of rotatable bonds is 2. The van der Waals surface area contributed by atoms with E-state index in [2.05, 4.69) is 0 Å². The van der Waals surface area contributed by atoms with Crippen LogP contribution in [0.25, 0.3) is 0 Å². The average Bonchev–Trinajstić information content (AvgIpc) is 2.41. The lowest BCUT2D eigenvalue weighted by atomic mass is 10.00. The molecule has 0 saturated carbocycles. The first-order valence-corrected chi connectivity index (χ1v) is 6.75. The normalized spacial score (nSPS) is 20.6. The number of likely N-dealkylation sites (N-methyl/N-ethyl adjacent to an activating group) is 1. The van der Waals surface area contributed by atoms with Gasteiger partial charge < -0.3 is 9.64 Å². The van der Waals surface area contributed by atoms with Crippen LogP contribution in [0.2, 0.25) is 0 Å². The largest absolute Gasteiger partial charge is 0.369 e. The zero-order valence-electron chi connectivity index (χ0n) is 12.1. The SMILES string of the molecule is CC.Cc1cccc(C(F)(F)C2CN(C)CCO2)c1. The molecule has 1 aliphatic heterocycles. The van der Waals surface area contributed by atoms with Crippen molar-refractivity contribution >= 4 is 0 Å². The van der Waals surface area contributed by atoms with Crippen LogP contribution < -0.4 is 0 Å². The van der Waals surface area contributed by atoms with Crippen molar-refractivity contribution in [2.75, 3.05) is 26.7 Å². The standard InChI is InChI=1S/C13H17F2NO.C2H6/c1-10-4-3-5-11(8-10)13(14,15)12-9-16(2)6-7-17-12;1-2/h3-5,8,12H,6-7,9H2,1-2H3;1-2H3. The summed E-state index contributed by atoms with van der Waals surface area (Å²) in [6, 6.07) is 6.46. The zero-order chi connectivity index (χ0) is 14.5. The molecule has 0 N–H and O–H groups in total. The van der Waals surface area contributed by atoms with Gasteiger partial charge in [-0.1, -0.05) is 43.7 Å². The Morgan fingerprint density at radius 2 is 2.00 bits per heavy atom. The highest BCUT2D eigenvalue weighted by Crippen LogP contribution is 2.35. The lowest BCUT2D eigenvalue weighted by Gasteiger charge is -2.35. The van der Waals surface area contributed by atoms with Crippen molar-refractivity contribution in [3.8, 4) is 0 Å². The lowest BCUT2D eigenvalue weighted by Crippen LogP contribution is -2.48. The maximum absolute atomic E-state index is 14.2. The number of aryl methyl sites for hydroxylation is 1. The van der Waals surface area contributed by atoms with Crippen LogP contribution in [-0.2, 0) is 10.7 Å². The van der Waals surface area contributed by atoms with E-state index < -0.39 is 12.0 Å². The third-order valence-corrected chi connectivity index (χ3v) is 3.08. The third kappa shape index (κ3) is 3.98. The van der Waals surface area contributed by atoms with Gasteiger partial charge in [0.2, 0.25) is 0 Å². The van der Waals surface area contributed by atoms with Gasteiger partial charge in [-0.3, -0.25) is 0 Å². The van der Waals surface area contributed by atoms with Crippen molar-refractivity contribution in [3.63, 3.8) is 0 Å². The molecular formula is C15H23F2NO. The second-order valence-electron chi connectivity index (χ2n) is 4.61. The maximum atomic E-state index is 14.2. The van der Waals surface area contributed by atoms with Crippen molar-refractivity contribution < 1.29 is 13.5 Å². The summed E-state index contributed by atoms with van der Waals surface area (Å²) in [4.78, 5) is 1.87. The molecule has 1 atom stereocenters. The molecular weight excluding hydrogens is 248 g/mol. The van der Waals surface area contributed by atoms with Gasteiger partial charge in [0.25, 0.3) is 5.92 Å². The van der Waals surface area contributed by atoms with Gasteiger partial charge >= 0.3 is 0 Å². The van der Waals surface area contributed by atoms with E-state index in [1.54, 1.807) is 6.07 Å². The molecule has 1 heterocycles. The topological polar surface area (TPSA) is 12.5 Å². The van der Waals surface area contributed by atoms with E-state index in [1.807, 2.05) is 38.8 Å². The van der Waals surface area contributed by atoms with Crippen molar-refractivity contribution in [2.45, 2.75) is 32.8 Å². The number of nitrogens with zero attached hydrogens (tertiary/aromatic N) is 1. The van der Waals surface area contributed by atoms with E-state index in [9.17, 15) is 8.78 Å². The highest BCUT2D eigenvalue weighted by molar-refractivity contribution is 5.27. The summed E-state index contributed by atoms with van der Waals surface area (Å²) in [5.74, 6) is -2.93. The van der Waals surface area contributed by atoms with E-state index >= 15 is 0 Å². The van der Waals surface area contributed by atoms with Crippen molar-refractivity contribution in [3.05, 3.63) is 35.4 Å². The molecule has 19 heavy (non-hydrogen) atoms. The van der Waals surface area contributed by atoms with Crippen molar-refractivity contribution in [1.82, 2.24) is 4.90 Å². The molecule has 0 amide bonds. The smallest absolute Gasteiger partial charge is 0.300 e. The second-order valence-corrected chi connectivity index (χ2v) is 4.61. The molecule has 1 saturated heterocycles. The number of alkyl halides is 2. The molecule has 4 heteroatoms. The van der Waals surface area contributed by atoms with Gasteiger partial charge in [0.05, 0.1) is 6.61 Å². The molecule has 108 valence electrons. The molecule has 1 aromatic rings. The summed E-state index contributed by atoms with van der Waals surface area (Å²) < 4.78 is 33.7. The summed E-state index contributed by atoms with van der Waals surface area (Å²) in [6.07, 6.45) is -1.05. The Balaban J connectivity index is 0.000000861. The summed E-state index contributed by atoms with van der Waals surface area (Å²) in [5, 5.41) is 0. The van der Waals surface area contributed by atoms with Crippen LogP contribution in [0.1, 0.15) is 25.0 Å². The Hall–Kier alpha value is -1.00. The predicted octanol–water partition coefficient (Wildman–Crippen LogP) is 3.44. The van der Waals surface area contributed by atoms with Crippen LogP contribution in [0.3, 0.4) is 0 Å². The number of benzene rings is 1. The van der Waals surface area contributed by atoms with Gasteiger partial charge in [-0.05, 0) is 14.0 Å². The summed E-state index contributed by atoms with van der Waals surface area (Å²) in [7, 11) is 1.84. The molecule has 0 spiro atoms. The van der Waals surface area contributed by atoms with Crippen LogP contribution in [0, 0.1) is 6.92 Å². The van der Waals surface area contributed by atoms with Crippen LogP contribution in [0.4, 0.5) is 8.78 Å². The number of morpholine rings is 1. The van der Waals surface area contributed by atoms with Gasteiger partial charge in [0.1, 0.15) is 6.10 Å². The van der Waals surface area contributed by atoms with E-state index in [1.165, 1.54) is 12.1 Å². The first-order valence-electron chi connectivity index (χ1n) is 6.75. The first-order chi connectivity index (χ1) is 9.00. The highest BCUT2D eigenvalue weighted by Gasteiger charge is 2.44. The summed E-state index contributed by atoms with van der Waals surface area (Å²) >= 11 is 0. The molecule has 1 aliphatic rings. The highest BCUT2D eigenvalue weighted by atomic mass is 19.3. The monoisotopic (exact) mass is 271 g/mol. The molecule has 1 unspecified atom stereocenters. The molecule has 2 rings (SSSR count). The fraction of sp³-hybridized carbons (Fsp3) is 0.600. The molecule has 0 bridgehead atoms. The van der Waals surface area contributed by atoms with Crippen LogP contribution in [0.5, 0.6) is 0 Å². The number of halogens is 2. The Morgan fingerprint density at radius 1 is 1.32 bits per heavy atom. The minimum atomic E-state index is -2.93. The lowest BCUT2D eigenvalue weighted by molar-refractivity contribution is -0.169. The Labute approximate surface area is 114 Å². The molecule has 2 nitrogen and oxygen atoms in total. The molecule has 1 fully saturated rings. The Morgan fingerprint density at radius 3 is 2.58 bits per heavy atom. The van der Waals surface area contributed by atoms with E-state index in [0.29, 0.717) is 13.2 Å². The number of ether oxygens (including phenoxy) is 1. The second kappa shape index (κ2) is 6.96. The first kappa shape index (κ1) is 16.1. The molecule has 0 radical (unpaired) electrons. The Bertz CT molecular complexity index is 395. The minimum Gasteiger partial charge on any atom is -0.369 e. The summed E-state index contributed by atoms with van der Waals surface area (Å²) in [5.41, 5.74) is 0.879. The van der Waals surface area contributed by atoms with Gasteiger partial charge in [-0.2, -0.15) is 8.78 Å². The Kier molecular flexibility index (Phi) is 5.88. The van der Waals surface area contributed by atoms with Crippen LogP contribution in [-0.4, -0.2) is 37.7 Å². The van der Waals surface area contributed by atoms with Gasteiger partial charge in [-0.25, -0.2) is 0 Å².